The number of anilines is 1. The zero-order valence-electron chi connectivity index (χ0n) is 11.3. The quantitative estimate of drug-likeness (QED) is 0.774. The normalized spacial score (nSPS) is 10.6. The van der Waals surface area contributed by atoms with Crippen molar-refractivity contribution in [1.29, 1.82) is 0 Å². The van der Waals surface area contributed by atoms with Crippen LogP contribution in [-0.2, 0) is 10.5 Å². The number of hydrogen-bond donors (Lipinski definition) is 1. The molecule has 0 aliphatic heterocycles. The predicted octanol–water partition coefficient (Wildman–Crippen LogP) is 3.77. The molecule has 2 rings (SSSR count). The summed E-state index contributed by atoms with van der Waals surface area (Å²) in [4.78, 5) is 11.8. The van der Waals surface area contributed by atoms with Crippen LogP contribution in [0, 0.1) is 17.4 Å². The summed E-state index contributed by atoms with van der Waals surface area (Å²) in [5, 5.41) is 6.79. The minimum absolute atomic E-state index is 0.00348. The molecule has 4 nitrogen and oxygen atoms in total. The highest BCUT2D eigenvalue weighted by molar-refractivity contribution is 14.1. The monoisotopic (exact) mass is 402 g/mol. The van der Waals surface area contributed by atoms with Crippen molar-refractivity contribution in [3.05, 3.63) is 44.9 Å². The van der Waals surface area contributed by atoms with E-state index in [2.05, 4.69) is 33.1 Å². The van der Waals surface area contributed by atoms with E-state index in [0.29, 0.717) is 5.75 Å². The fraction of sp³-hybridized carbons (Fsp3) is 0.286. The molecule has 0 aliphatic rings. The number of thioether (sulfide) groups is 1. The van der Waals surface area contributed by atoms with Gasteiger partial charge >= 0.3 is 0 Å². The van der Waals surface area contributed by atoms with Crippen molar-refractivity contribution in [2.24, 2.45) is 0 Å². The van der Waals surface area contributed by atoms with Crippen molar-refractivity contribution in [1.82, 2.24) is 5.16 Å². The molecule has 0 aliphatic carbocycles. The number of hydrogen-bond acceptors (Lipinski definition) is 4. The summed E-state index contributed by atoms with van der Waals surface area (Å²) in [6.45, 7) is 3.81. The van der Waals surface area contributed by atoms with E-state index < -0.39 is 0 Å². The Morgan fingerprint density at radius 2 is 2.25 bits per heavy atom. The molecule has 1 amide bonds. The molecular formula is C14H15IN2O2S. The van der Waals surface area contributed by atoms with E-state index in [1.165, 1.54) is 0 Å². The summed E-state index contributed by atoms with van der Waals surface area (Å²) < 4.78 is 6.20. The van der Waals surface area contributed by atoms with Crippen LogP contribution in [0.2, 0.25) is 0 Å². The lowest BCUT2D eigenvalue weighted by Gasteiger charge is -2.05. The molecule has 106 valence electrons. The molecule has 1 aromatic heterocycles. The average molecular weight is 402 g/mol. The Balaban J connectivity index is 1.81. The molecule has 0 saturated carbocycles. The van der Waals surface area contributed by atoms with Gasteiger partial charge in [-0.15, -0.1) is 11.8 Å². The van der Waals surface area contributed by atoms with Crippen molar-refractivity contribution in [3.63, 3.8) is 0 Å². The summed E-state index contributed by atoms with van der Waals surface area (Å²) in [5.41, 5.74) is 2.81. The van der Waals surface area contributed by atoms with E-state index in [9.17, 15) is 4.79 Å². The summed E-state index contributed by atoms with van der Waals surface area (Å²) in [5.74, 6) is 1.98. The van der Waals surface area contributed by atoms with Gasteiger partial charge < -0.3 is 9.84 Å². The molecular weight excluding hydrogens is 387 g/mol. The van der Waals surface area contributed by atoms with Gasteiger partial charge in [0, 0.05) is 20.6 Å². The maximum atomic E-state index is 11.8. The van der Waals surface area contributed by atoms with Crippen LogP contribution in [0.1, 0.15) is 17.0 Å². The molecule has 0 bridgehead atoms. The molecule has 0 fully saturated rings. The van der Waals surface area contributed by atoms with Gasteiger partial charge in [0.05, 0.1) is 11.4 Å². The predicted molar refractivity (Wildman–Crippen MR) is 89.9 cm³/mol. The van der Waals surface area contributed by atoms with Crippen LogP contribution in [0.5, 0.6) is 0 Å². The van der Waals surface area contributed by atoms with Crippen LogP contribution in [0.4, 0.5) is 5.69 Å². The molecule has 2 aromatic rings. The Morgan fingerprint density at radius 1 is 1.45 bits per heavy atom. The number of amides is 1. The van der Waals surface area contributed by atoms with E-state index in [0.717, 1.165) is 32.0 Å². The first kappa shape index (κ1) is 15.4. The highest BCUT2D eigenvalue weighted by Crippen LogP contribution is 2.20. The molecule has 0 radical (unpaired) electrons. The molecule has 0 atom stereocenters. The van der Waals surface area contributed by atoms with Gasteiger partial charge in [-0.25, -0.2) is 0 Å². The number of carbonyl (C=O) groups excluding carboxylic acids is 1. The van der Waals surface area contributed by atoms with Gasteiger partial charge in [0.2, 0.25) is 5.91 Å². The number of aromatic nitrogens is 1. The van der Waals surface area contributed by atoms with Crippen LogP contribution in [0.15, 0.2) is 28.8 Å². The number of nitrogens with one attached hydrogen (secondary N) is 1. The summed E-state index contributed by atoms with van der Waals surface area (Å²) in [6, 6.07) is 7.74. The summed E-state index contributed by atoms with van der Waals surface area (Å²) >= 11 is 3.78. The van der Waals surface area contributed by atoms with Crippen LogP contribution in [0.25, 0.3) is 0 Å². The zero-order valence-corrected chi connectivity index (χ0v) is 14.2. The molecule has 6 heteroatoms. The minimum atomic E-state index is 0.00348. The number of rotatable bonds is 5. The van der Waals surface area contributed by atoms with E-state index in [4.69, 9.17) is 4.52 Å². The minimum Gasteiger partial charge on any atom is -0.361 e. The van der Waals surface area contributed by atoms with Crippen molar-refractivity contribution < 1.29 is 9.32 Å². The second-order valence-corrected chi connectivity index (χ2v) is 6.59. The second-order valence-electron chi connectivity index (χ2n) is 4.35. The number of halogens is 1. The number of aryl methyl sites for hydroxylation is 2. The SMILES string of the molecule is Cc1noc(C)c1CSCC(=O)Nc1cccc(I)c1. The third kappa shape index (κ3) is 4.24. The average Bonchev–Trinajstić information content (AvgIpc) is 2.70. The first-order chi connectivity index (χ1) is 9.56. The topological polar surface area (TPSA) is 55.1 Å². The van der Waals surface area contributed by atoms with Gasteiger partial charge in [-0.1, -0.05) is 11.2 Å². The van der Waals surface area contributed by atoms with Crippen LogP contribution < -0.4 is 5.32 Å². The Hall–Kier alpha value is -1.02. The lowest BCUT2D eigenvalue weighted by atomic mass is 10.2. The maximum Gasteiger partial charge on any atom is 0.234 e. The largest absolute Gasteiger partial charge is 0.361 e. The Kier molecular flexibility index (Phi) is 5.47. The van der Waals surface area contributed by atoms with Crippen molar-refractivity contribution in [2.75, 3.05) is 11.1 Å². The van der Waals surface area contributed by atoms with Crippen molar-refractivity contribution in [3.8, 4) is 0 Å². The Labute approximate surface area is 135 Å². The smallest absolute Gasteiger partial charge is 0.234 e. The fourth-order valence-corrected chi connectivity index (χ4v) is 3.24. The van der Waals surface area contributed by atoms with Crippen LogP contribution >= 0.6 is 34.4 Å². The molecule has 20 heavy (non-hydrogen) atoms. The Morgan fingerprint density at radius 3 is 2.90 bits per heavy atom. The number of benzene rings is 1. The first-order valence-corrected chi connectivity index (χ1v) is 8.34. The van der Waals surface area contributed by atoms with Gasteiger partial charge in [0.25, 0.3) is 0 Å². The molecule has 1 aromatic carbocycles. The molecule has 0 spiro atoms. The van der Waals surface area contributed by atoms with Gasteiger partial charge in [0.15, 0.2) is 0 Å². The van der Waals surface area contributed by atoms with Crippen LogP contribution in [0.3, 0.4) is 0 Å². The van der Waals surface area contributed by atoms with Gasteiger partial charge in [-0.2, -0.15) is 0 Å². The maximum absolute atomic E-state index is 11.8. The fourth-order valence-electron chi connectivity index (χ4n) is 1.72. The first-order valence-electron chi connectivity index (χ1n) is 6.11. The standard InChI is InChI=1S/C14H15IN2O2S/c1-9-13(10(2)19-17-9)7-20-8-14(18)16-12-5-3-4-11(15)6-12/h3-6H,7-8H2,1-2H3,(H,16,18). The van der Waals surface area contributed by atoms with Crippen molar-refractivity contribution >= 4 is 45.9 Å². The van der Waals surface area contributed by atoms with Gasteiger partial charge in [-0.05, 0) is 54.6 Å². The molecule has 1 heterocycles. The van der Waals surface area contributed by atoms with E-state index in [-0.39, 0.29) is 5.91 Å². The lowest BCUT2D eigenvalue weighted by molar-refractivity contribution is -0.113. The molecule has 1 N–H and O–H groups in total. The number of carbonyl (C=O) groups is 1. The third-order valence-electron chi connectivity index (χ3n) is 2.77. The zero-order chi connectivity index (χ0) is 14.5. The van der Waals surface area contributed by atoms with E-state index in [1.54, 1.807) is 11.8 Å². The lowest BCUT2D eigenvalue weighted by Crippen LogP contribution is -2.14. The molecule has 0 saturated heterocycles. The van der Waals surface area contributed by atoms with E-state index in [1.807, 2.05) is 38.1 Å². The van der Waals surface area contributed by atoms with Crippen molar-refractivity contribution in [2.45, 2.75) is 19.6 Å². The summed E-state index contributed by atoms with van der Waals surface area (Å²) in [7, 11) is 0. The van der Waals surface area contributed by atoms with Gasteiger partial charge in [0.1, 0.15) is 5.76 Å². The molecule has 0 unspecified atom stereocenters. The number of nitrogens with zero attached hydrogens (tertiary/aromatic N) is 1. The third-order valence-corrected chi connectivity index (χ3v) is 4.40. The van der Waals surface area contributed by atoms with Crippen LogP contribution in [-0.4, -0.2) is 16.8 Å². The van der Waals surface area contributed by atoms with Gasteiger partial charge in [-0.3, -0.25) is 4.79 Å². The van der Waals surface area contributed by atoms with E-state index >= 15 is 0 Å². The Bertz CT molecular complexity index is 593. The highest BCUT2D eigenvalue weighted by Gasteiger charge is 2.10. The highest BCUT2D eigenvalue weighted by atomic mass is 127. The summed E-state index contributed by atoms with van der Waals surface area (Å²) in [6.07, 6.45) is 0. The second kappa shape index (κ2) is 7.12.